The van der Waals surface area contributed by atoms with Gasteiger partial charge in [0, 0.05) is 23.0 Å². The standard InChI is InChI=1S/C19H23ClN2O3/c1-5-22-12(2)9-17(14(22)4)19(24)25-11-18(23)21-13(3)15-7-6-8-16(20)10-15/h6-10,13H,5,11H2,1-4H3,(H,21,23)/t13-/m1/s1. The molecule has 0 unspecified atom stereocenters. The molecule has 2 rings (SSSR count). The zero-order valence-electron chi connectivity index (χ0n) is 14.9. The van der Waals surface area contributed by atoms with Crippen molar-refractivity contribution in [3.63, 3.8) is 0 Å². The molecule has 0 saturated carbocycles. The molecular formula is C19H23ClN2O3. The van der Waals surface area contributed by atoms with Crippen molar-refractivity contribution < 1.29 is 14.3 Å². The monoisotopic (exact) mass is 362 g/mol. The van der Waals surface area contributed by atoms with Gasteiger partial charge < -0.3 is 14.6 Å². The summed E-state index contributed by atoms with van der Waals surface area (Å²) in [6.45, 7) is 8.13. The highest BCUT2D eigenvalue weighted by Crippen LogP contribution is 2.18. The van der Waals surface area contributed by atoms with Crippen molar-refractivity contribution >= 4 is 23.5 Å². The Bertz CT molecular complexity index is 783. The first kappa shape index (κ1) is 19.1. The minimum absolute atomic E-state index is 0.227. The van der Waals surface area contributed by atoms with Crippen LogP contribution in [0.5, 0.6) is 0 Å². The molecule has 0 spiro atoms. The summed E-state index contributed by atoms with van der Waals surface area (Å²) in [5.74, 6) is -0.844. The lowest BCUT2D eigenvalue weighted by molar-refractivity contribution is -0.124. The number of aryl methyl sites for hydroxylation is 1. The topological polar surface area (TPSA) is 60.3 Å². The normalized spacial score (nSPS) is 11.9. The van der Waals surface area contributed by atoms with E-state index in [0.717, 1.165) is 23.5 Å². The van der Waals surface area contributed by atoms with E-state index in [-0.39, 0.29) is 18.6 Å². The van der Waals surface area contributed by atoms with E-state index in [1.807, 2.05) is 44.4 Å². The first-order valence-corrected chi connectivity index (χ1v) is 8.60. The summed E-state index contributed by atoms with van der Waals surface area (Å²) >= 11 is 5.95. The van der Waals surface area contributed by atoms with Crippen molar-refractivity contribution in [1.82, 2.24) is 9.88 Å². The van der Waals surface area contributed by atoms with Crippen LogP contribution in [0.1, 0.15) is 47.2 Å². The molecule has 134 valence electrons. The van der Waals surface area contributed by atoms with Crippen molar-refractivity contribution in [2.75, 3.05) is 6.61 Å². The van der Waals surface area contributed by atoms with Crippen LogP contribution in [0.15, 0.2) is 30.3 Å². The second-order valence-corrected chi connectivity index (χ2v) is 6.39. The van der Waals surface area contributed by atoms with E-state index in [2.05, 4.69) is 5.32 Å². The molecule has 0 bridgehead atoms. The van der Waals surface area contributed by atoms with Gasteiger partial charge in [0.25, 0.3) is 5.91 Å². The lowest BCUT2D eigenvalue weighted by atomic mass is 10.1. The fourth-order valence-corrected chi connectivity index (χ4v) is 3.04. The number of carbonyl (C=O) groups is 2. The van der Waals surface area contributed by atoms with Crippen LogP contribution in [0, 0.1) is 13.8 Å². The molecule has 2 aromatic rings. The van der Waals surface area contributed by atoms with Crippen LogP contribution >= 0.6 is 11.6 Å². The second kappa shape index (κ2) is 8.21. The quantitative estimate of drug-likeness (QED) is 0.795. The van der Waals surface area contributed by atoms with Gasteiger partial charge >= 0.3 is 5.97 Å². The van der Waals surface area contributed by atoms with Crippen molar-refractivity contribution in [3.8, 4) is 0 Å². The van der Waals surface area contributed by atoms with E-state index in [0.29, 0.717) is 10.6 Å². The molecule has 1 atom stereocenters. The van der Waals surface area contributed by atoms with Gasteiger partial charge in [0.1, 0.15) is 0 Å². The third-order valence-corrected chi connectivity index (χ3v) is 4.41. The van der Waals surface area contributed by atoms with Crippen molar-refractivity contribution in [2.45, 2.75) is 40.3 Å². The Morgan fingerprint density at radius 2 is 2.00 bits per heavy atom. The number of nitrogens with zero attached hydrogens (tertiary/aromatic N) is 1. The van der Waals surface area contributed by atoms with E-state index >= 15 is 0 Å². The minimum Gasteiger partial charge on any atom is -0.452 e. The summed E-state index contributed by atoms with van der Waals surface area (Å²) < 4.78 is 7.18. The molecule has 25 heavy (non-hydrogen) atoms. The van der Waals surface area contributed by atoms with Crippen LogP contribution in [-0.4, -0.2) is 23.1 Å². The number of hydrogen-bond acceptors (Lipinski definition) is 3. The molecule has 5 nitrogen and oxygen atoms in total. The smallest absolute Gasteiger partial charge is 0.340 e. The molecule has 0 saturated heterocycles. The van der Waals surface area contributed by atoms with Gasteiger partial charge in [-0.2, -0.15) is 0 Å². The van der Waals surface area contributed by atoms with Gasteiger partial charge in [-0.1, -0.05) is 23.7 Å². The van der Waals surface area contributed by atoms with E-state index in [1.54, 1.807) is 18.2 Å². The molecule has 6 heteroatoms. The zero-order chi connectivity index (χ0) is 18.6. The van der Waals surface area contributed by atoms with Gasteiger partial charge in [-0.25, -0.2) is 4.79 Å². The Morgan fingerprint density at radius 3 is 2.60 bits per heavy atom. The Labute approximate surface area is 152 Å². The maximum atomic E-state index is 12.2. The van der Waals surface area contributed by atoms with Crippen LogP contribution in [0.4, 0.5) is 0 Å². The van der Waals surface area contributed by atoms with E-state index < -0.39 is 5.97 Å². The van der Waals surface area contributed by atoms with Gasteiger partial charge in [0.15, 0.2) is 6.61 Å². The van der Waals surface area contributed by atoms with E-state index in [9.17, 15) is 9.59 Å². The van der Waals surface area contributed by atoms with E-state index in [4.69, 9.17) is 16.3 Å². The highest BCUT2D eigenvalue weighted by molar-refractivity contribution is 6.30. The lowest BCUT2D eigenvalue weighted by Crippen LogP contribution is -2.31. The van der Waals surface area contributed by atoms with Gasteiger partial charge in [-0.3, -0.25) is 4.79 Å². The largest absolute Gasteiger partial charge is 0.452 e. The maximum Gasteiger partial charge on any atom is 0.340 e. The molecule has 0 aliphatic rings. The predicted octanol–water partition coefficient (Wildman–Crippen LogP) is 3.81. The third-order valence-electron chi connectivity index (χ3n) is 4.17. The second-order valence-electron chi connectivity index (χ2n) is 5.95. The number of nitrogens with one attached hydrogen (secondary N) is 1. The van der Waals surface area contributed by atoms with Gasteiger partial charge in [-0.05, 0) is 51.5 Å². The molecule has 1 heterocycles. The number of ether oxygens (including phenoxy) is 1. The van der Waals surface area contributed by atoms with Gasteiger partial charge in [0.05, 0.1) is 11.6 Å². The Kier molecular flexibility index (Phi) is 6.26. The lowest BCUT2D eigenvalue weighted by Gasteiger charge is -2.14. The Hall–Kier alpha value is -2.27. The summed E-state index contributed by atoms with van der Waals surface area (Å²) in [4.78, 5) is 24.3. The fourth-order valence-electron chi connectivity index (χ4n) is 2.85. The summed E-state index contributed by atoms with van der Waals surface area (Å²) in [5.41, 5.74) is 3.22. The molecule has 1 aromatic carbocycles. The minimum atomic E-state index is -0.488. The number of benzene rings is 1. The highest BCUT2D eigenvalue weighted by Gasteiger charge is 2.18. The zero-order valence-corrected chi connectivity index (χ0v) is 15.7. The number of rotatable bonds is 6. The molecule has 0 aliphatic carbocycles. The number of carbonyl (C=O) groups excluding carboxylic acids is 2. The number of halogens is 1. The summed E-state index contributed by atoms with van der Waals surface area (Å²) in [6.07, 6.45) is 0. The predicted molar refractivity (Wildman–Crippen MR) is 97.9 cm³/mol. The molecular weight excluding hydrogens is 340 g/mol. The molecule has 1 N–H and O–H groups in total. The van der Waals surface area contributed by atoms with Crippen molar-refractivity contribution in [1.29, 1.82) is 0 Å². The van der Waals surface area contributed by atoms with E-state index in [1.165, 1.54) is 0 Å². The SMILES string of the molecule is CCn1c(C)cc(C(=O)OCC(=O)N[C@H](C)c2cccc(Cl)c2)c1C. The molecule has 1 aromatic heterocycles. The van der Waals surface area contributed by atoms with Crippen LogP contribution in [-0.2, 0) is 16.1 Å². The van der Waals surface area contributed by atoms with Crippen LogP contribution in [0.25, 0.3) is 0 Å². The van der Waals surface area contributed by atoms with Gasteiger partial charge in [0.2, 0.25) is 0 Å². The maximum absolute atomic E-state index is 12.2. The molecule has 0 radical (unpaired) electrons. The molecule has 0 fully saturated rings. The third kappa shape index (κ3) is 4.63. The summed E-state index contributed by atoms with van der Waals surface area (Å²) in [7, 11) is 0. The molecule has 0 aliphatic heterocycles. The summed E-state index contributed by atoms with van der Waals surface area (Å²) in [5, 5.41) is 3.40. The van der Waals surface area contributed by atoms with Crippen LogP contribution in [0.2, 0.25) is 5.02 Å². The number of hydrogen-bond donors (Lipinski definition) is 1. The number of esters is 1. The molecule has 1 amide bonds. The first-order chi connectivity index (χ1) is 11.8. The highest BCUT2D eigenvalue weighted by atomic mass is 35.5. The first-order valence-electron chi connectivity index (χ1n) is 8.22. The average molecular weight is 363 g/mol. The summed E-state index contributed by atoms with van der Waals surface area (Å²) in [6, 6.07) is 8.82. The Balaban J connectivity index is 1.92. The number of amides is 1. The van der Waals surface area contributed by atoms with Gasteiger partial charge in [-0.15, -0.1) is 0 Å². The fraction of sp³-hybridized carbons (Fsp3) is 0.368. The van der Waals surface area contributed by atoms with Crippen LogP contribution in [0.3, 0.4) is 0 Å². The van der Waals surface area contributed by atoms with Crippen molar-refractivity contribution in [2.24, 2.45) is 0 Å². The average Bonchev–Trinajstić information content (AvgIpc) is 2.86. The Morgan fingerprint density at radius 1 is 1.28 bits per heavy atom. The van der Waals surface area contributed by atoms with Crippen LogP contribution < -0.4 is 5.32 Å². The number of aromatic nitrogens is 1. The van der Waals surface area contributed by atoms with Crippen molar-refractivity contribution in [3.05, 3.63) is 57.9 Å².